The summed E-state index contributed by atoms with van der Waals surface area (Å²) in [5.41, 5.74) is 0.876. The predicted octanol–water partition coefficient (Wildman–Crippen LogP) is 0.575. The zero-order chi connectivity index (χ0) is 6.41. The fraction of sp³-hybridized carbons (Fsp3) is 0.333. The van der Waals surface area contributed by atoms with Crippen molar-refractivity contribution in [3.63, 3.8) is 0 Å². The van der Waals surface area contributed by atoms with E-state index >= 15 is 0 Å². The number of aliphatic imine (C=N–C) groups is 1. The average Bonchev–Trinajstić information content (AvgIpc) is 1.83. The highest BCUT2D eigenvalue weighted by Crippen LogP contribution is 1.79. The van der Waals surface area contributed by atoms with Crippen LogP contribution in [0.25, 0.3) is 0 Å². The lowest BCUT2D eigenvalue weighted by atomic mass is 10.5. The van der Waals surface area contributed by atoms with E-state index in [1.54, 1.807) is 7.05 Å². The van der Waals surface area contributed by atoms with Crippen molar-refractivity contribution in [2.75, 3.05) is 13.6 Å². The van der Waals surface area contributed by atoms with Gasteiger partial charge < -0.3 is 5.32 Å². The first-order chi connectivity index (χ1) is 3.81. The summed E-state index contributed by atoms with van der Waals surface area (Å²) in [7, 11) is 1.81. The van der Waals surface area contributed by atoms with Crippen molar-refractivity contribution in [1.82, 2.24) is 5.32 Å². The molecule has 44 valence electrons. The van der Waals surface area contributed by atoms with Gasteiger partial charge in [0.25, 0.3) is 0 Å². The quantitative estimate of drug-likeness (QED) is 0.528. The third-order valence-corrected chi connectivity index (χ3v) is 0.735. The summed E-state index contributed by atoms with van der Waals surface area (Å²) in [4.78, 5) is 3.72. The van der Waals surface area contributed by atoms with Gasteiger partial charge in [-0.15, -0.1) is 0 Å². The van der Waals surface area contributed by atoms with Crippen molar-refractivity contribution in [3.8, 4) is 0 Å². The average molecular weight is 110 g/mol. The maximum Gasteiger partial charge on any atom is 0.0874 e. The van der Waals surface area contributed by atoms with Crippen molar-refractivity contribution in [2.45, 2.75) is 0 Å². The molecule has 0 aromatic carbocycles. The Balaban J connectivity index is 3.39. The van der Waals surface area contributed by atoms with Crippen LogP contribution in [0.3, 0.4) is 0 Å². The van der Waals surface area contributed by atoms with Gasteiger partial charge in [-0.1, -0.05) is 6.58 Å². The van der Waals surface area contributed by atoms with Gasteiger partial charge in [0.15, 0.2) is 0 Å². The van der Waals surface area contributed by atoms with Crippen LogP contribution in [0.4, 0.5) is 0 Å². The summed E-state index contributed by atoms with van der Waals surface area (Å²) in [6.07, 6.45) is 0. The minimum atomic E-state index is 0.569. The molecule has 0 aliphatic rings. The van der Waals surface area contributed by atoms with Crippen LogP contribution in [0.5, 0.6) is 0 Å². The molecule has 0 aliphatic heterocycles. The molecule has 2 nitrogen and oxygen atoms in total. The maximum atomic E-state index is 3.72. The number of hydrogen-bond donors (Lipinski definition) is 1. The molecule has 0 heterocycles. The lowest BCUT2D eigenvalue weighted by molar-refractivity contribution is 0.937. The van der Waals surface area contributed by atoms with Crippen molar-refractivity contribution >= 4 is 5.87 Å². The minimum Gasteiger partial charge on any atom is -0.390 e. The number of nitrogens with one attached hydrogen (secondary N) is 1. The number of nitrogens with zero attached hydrogens (tertiary/aromatic N) is 1. The Morgan fingerprint density at radius 1 is 1.88 bits per heavy atom. The van der Waals surface area contributed by atoms with Crippen LogP contribution in [-0.2, 0) is 0 Å². The number of likely N-dealkylation sites (N-methyl/N-ethyl adjacent to an activating group) is 1. The predicted molar refractivity (Wildman–Crippen MR) is 36.1 cm³/mol. The highest BCUT2D eigenvalue weighted by molar-refractivity contribution is 5.46. The molecule has 8 heavy (non-hydrogen) atoms. The van der Waals surface area contributed by atoms with Gasteiger partial charge in [0.05, 0.1) is 6.54 Å². The molecule has 0 spiro atoms. The first-order valence-electron chi connectivity index (χ1n) is 2.35. The normalized spacial score (nSPS) is 7.12. The molecule has 0 fully saturated rings. The molecule has 0 amide bonds. The van der Waals surface area contributed by atoms with Crippen molar-refractivity contribution in [1.29, 1.82) is 0 Å². The molecule has 2 heteroatoms. The van der Waals surface area contributed by atoms with Crippen molar-refractivity contribution in [2.24, 2.45) is 4.99 Å². The van der Waals surface area contributed by atoms with Crippen LogP contribution in [0, 0.1) is 0 Å². The summed E-state index contributed by atoms with van der Waals surface area (Å²) in [6.45, 7) is 7.51. The fourth-order valence-electron chi connectivity index (χ4n) is 0.230. The summed E-state index contributed by atoms with van der Waals surface area (Å²) < 4.78 is 0. The van der Waals surface area contributed by atoms with Gasteiger partial charge in [-0.25, -0.2) is 4.99 Å². The molecule has 0 aliphatic carbocycles. The molecule has 0 radical (unpaired) electrons. The van der Waals surface area contributed by atoms with Gasteiger partial charge in [0, 0.05) is 12.7 Å². The van der Waals surface area contributed by atoms with Gasteiger partial charge in [-0.05, 0) is 12.4 Å². The first kappa shape index (κ1) is 6.99. The third-order valence-electron chi connectivity index (χ3n) is 0.735. The molecule has 1 N–H and O–H groups in total. The Bertz CT molecular complexity index is 120. The summed E-state index contributed by atoms with van der Waals surface area (Å²) in [6, 6.07) is 0. The first-order valence-corrected chi connectivity index (χ1v) is 2.35. The second kappa shape index (κ2) is 4.16. The topological polar surface area (TPSA) is 24.4 Å². The Hall–Kier alpha value is -1.01. The highest BCUT2D eigenvalue weighted by atomic mass is 14.9. The maximum absolute atomic E-state index is 3.72. The Morgan fingerprint density at radius 3 is 2.88 bits per heavy atom. The van der Waals surface area contributed by atoms with Gasteiger partial charge in [-0.3, -0.25) is 0 Å². The molecule has 0 aromatic rings. The van der Waals surface area contributed by atoms with E-state index in [0.717, 1.165) is 5.70 Å². The highest BCUT2D eigenvalue weighted by Gasteiger charge is 1.80. The van der Waals surface area contributed by atoms with E-state index in [0.29, 0.717) is 6.54 Å². The molecular weight excluding hydrogens is 100 g/mol. The number of hydrogen-bond acceptors (Lipinski definition) is 2. The molecule has 0 aromatic heterocycles. The zero-order valence-corrected chi connectivity index (χ0v) is 5.07. The van der Waals surface area contributed by atoms with E-state index in [-0.39, 0.29) is 0 Å². The Morgan fingerprint density at radius 2 is 2.50 bits per heavy atom. The Kier molecular flexibility index (Phi) is 3.63. The van der Waals surface area contributed by atoms with Crippen molar-refractivity contribution < 1.29 is 0 Å². The lowest BCUT2D eigenvalue weighted by Gasteiger charge is -1.95. The van der Waals surface area contributed by atoms with Crippen LogP contribution in [-0.4, -0.2) is 19.5 Å². The van der Waals surface area contributed by atoms with E-state index in [1.807, 2.05) is 0 Å². The monoisotopic (exact) mass is 110 g/mol. The van der Waals surface area contributed by atoms with Gasteiger partial charge >= 0.3 is 0 Å². The van der Waals surface area contributed by atoms with E-state index in [9.17, 15) is 0 Å². The molecule has 0 saturated heterocycles. The third kappa shape index (κ3) is 3.19. The molecule has 0 rings (SSSR count). The van der Waals surface area contributed by atoms with Crippen LogP contribution in [0.1, 0.15) is 0 Å². The lowest BCUT2D eigenvalue weighted by Crippen LogP contribution is -2.06. The molecule has 0 bridgehead atoms. The van der Waals surface area contributed by atoms with Gasteiger partial charge in [0.2, 0.25) is 0 Å². The van der Waals surface area contributed by atoms with E-state index < -0.39 is 0 Å². The van der Waals surface area contributed by atoms with Crippen LogP contribution >= 0.6 is 0 Å². The molecular formula is C6H10N2. The van der Waals surface area contributed by atoms with Gasteiger partial charge in [-0.2, -0.15) is 0 Å². The van der Waals surface area contributed by atoms with Crippen LogP contribution in [0.2, 0.25) is 0 Å². The summed E-state index contributed by atoms with van der Waals surface area (Å²) in [5.74, 6) is 2.41. The smallest absolute Gasteiger partial charge is 0.0874 e. The Labute approximate surface area is 49.6 Å². The van der Waals surface area contributed by atoms with E-state index in [4.69, 9.17) is 0 Å². The van der Waals surface area contributed by atoms with Crippen LogP contribution < -0.4 is 5.32 Å². The van der Waals surface area contributed by atoms with Crippen molar-refractivity contribution in [3.05, 3.63) is 18.9 Å². The standard InChI is InChI=1S/C6H10N2/c1-4-8-5-6(2)7-3/h7H,1-2,5H2,3H3. The summed E-state index contributed by atoms with van der Waals surface area (Å²) in [5, 5.41) is 2.84. The SMILES string of the molecule is C=C=NCC(=C)NC. The van der Waals surface area contributed by atoms with E-state index in [2.05, 4.69) is 29.3 Å². The van der Waals surface area contributed by atoms with Gasteiger partial charge in [0.1, 0.15) is 0 Å². The summed E-state index contributed by atoms with van der Waals surface area (Å²) >= 11 is 0. The van der Waals surface area contributed by atoms with Crippen LogP contribution in [0.15, 0.2) is 23.8 Å². The van der Waals surface area contributed by atoms with E-state index in [1.165, 1.54) is 0 Å². The zero-order valence-electron chi connectivity index (χ0n) is 5.07. The largest absolute Gasteiger partial charge is 0.390 e. The fourth-order valence-corrected chi connectivity index (χ4v) is 0.230. The second-order valence-corrected chi connectivity index (χ2v) is 1.33. The minimum absolute atomic E-state index is 0.569. The molecule has 0 unspecified atom stereocenters. The molecule has 0 saturated carbocycles. The number of rotatable bonds is 3. The molecule has 0 atom stereocenters. The second-order valence-electron chi connectivity index (χ2n) is 1.33.